The van der Waals surface area contributed by atoms with Crippen LogP contribution >= 0.6 is 11.8 Å². The summed E-state index contributed by atoms with van der Waals surface area (Å²) in [5.74, 6) is 1.50. The van der Waals surface area contributed by atoms with E-state index in [1.165, 1.54) is 0 Å². The van der Waals surface area contributed by atoms with Gasteiger partial charge in [0, 0.05) is 49.4 Å². The molecule has 8 heteroatoms. The minimum atomic E-state index is -3.16. The second-order valence-electron chi connectivity index (χ2n) is 5.16. The minimum Gasteiger partial charge on any atom is -0.356 e. The highest BCUT2D eigenvalue weighted by Crippen LogP contribution is 2.24. The first kappa shape index (κ1) is 18.7. The van der Waals surface area contributed by atoms with Gasteiger partial charge in [0.05, 0.1) is 0 Å². The van der Waals surface area contributed by atoms with Crippen LogP contribution in [0.1, 0.15) is 26.7 Å². The van der Waals surface area contributed by atoms with Crippen LogP contribution in [-0.4, -0.2) is 67.5 Å². The van der Waals surface area contributed by atoms with E-state index in [2.05, 4.69) is 5.32 Å². The Balaban J connectivity index is 2.78. The molecule has 0 aromatic heterocycles. The van der Waals surface area contributed by atoms with Gasteiger partial charge in [-0.2, -0.15) is 11.8 Å². The number of rotatable bonds is 8. The van der Waals surface area contributed by atoms with Crippen molar-refractivity contribution in [3.05, 3.63) is 0 Å². The van der Waals surface area contributed by atoms with Crippen LogP contribution in [0.2, 0.25) is 0 Å². The SMILES string of the molecule is CCCNC(=O)CC(CN)N1CCSCC1S(=O)(=O)CC. The Morgan fingerprint density at radius 3 is 2.76 bits per heavy atom. The van der Waals surface area contributed by atoms with E-state index in [0.29, 0.717) is 25.4 Å². The first-order valence-corrected chi connectivity index (χ1v) is 10.3. The second kappa shape index (κ2) is 8.97. The van der Waals surface area contributed by atoms with Crippen LogP contribution in [0.3, 0.4) is 0 Å². The molecular formula is C13H27N3O3S2. The van der Waals surface area contributed by atoms with Crippen molar-refractivity contribution >= 4 is 27.5 Å². The van der Waals surface area contributed by atoms with Gasteiger partial charge in [0.1, 0.15) is 5.37 Å². The number of nitrogens with one attached hydrogen (secondary N) is 1. The van der Waals surface area contributed by atoms with Gasteiger partial charge in [0.15, 0.2) is 9.84 Å². The van der Waals surface area contributed by atoms with E-state index in [0.717, 1.165) is 12.2 Å². The predicted molar refractivity (Wildman–Crippen MR) is 88.0 cm³/mol. The highest BCUT2D eigenvalue weighted by atomic mass is 32.2. The minimum absolute atomic E-state index is 0.0572. The summed E-state index contributed by atoms with van der Waals surface area (Å²) in [5, 5.41) is 2.31. The molecule has 1 rings (SSSR count). The van der Waals surface area contributed by atoms with Gasteiger partial charge in [-0.1, -0.05) is 13.8 Å². The van der Waals surface area contributed by atoms with E-state index in [-0.39, 0.29) is 24.1 Å². The number of hydrogen-bond donors (Lipinski definition) is 2. The maximum atomic E-state index is 12.2. The molecule has 0 bridgehead atoms. The summed E-state index contributed by atoms with van der Waals surface area (Å²) < 4.78 is 24.5. The average molecular weight is 338 g/mol. The van der Waals surface area contributed by atoms with Gasteiger partial charge in [-0.15, -0.1) is 0 Å². The molecule has 2 unspecified atom stereocenters. The molecule has 21 heavy (non-hydrogen) atoms. The molecule has 0 radical (unpaired) electrons. The van der Waals surface area contributed by atoms with Crippen molar-refractivity contribution in [1.29, 1.82) is 0 Å². The number of thioether (sulfide) groups is 1. The van der Waals surface area contributed by atoms with Crippen LogP contribution in [0.25, 0.3) is 0 Å². The summed E-state index contributed by atoms with van der Waals surface area (Å²) >= 11 is 1.65. The van der Waals surface area contributed by atoms with Crippen molar-refractivity contribution in [3.63, 3.8) is 0 Å². The highest BCUT2D eigenvalue weighted by Gasteiger charge is 2.36. The van der Waals surface area contributed by atoms with Gasteiger partial charge in [0.25, 0.3) is 0 Å². The number of nitrogens with zero attached hydrogens (tertiary/aromatic N) is 1. The molecule has 1 aliphatic heterocycles. The number of carbonyl (C=O) groups excluding carboxylic acids is 1. The molecule has 0 saturated carbocycles. The predicted octanol–water partition coefficient (Wildman–Crippen LogP) is 0.0396. The first-order valence-electron chi connectivity index (χ1n) is 7.48. The molecule has 0 aliphatic carbocycles. The second-order valence-corrected chi connectivity index (χ2v) is 8.76. The average Bonchev–Trinajstić information content (AvgIpc) is 2.50. The quantitative estimate of drug-likeness (QED) is 0.650. The molecule has 3 N–H and O–H groups in total. The molecular weight excluding hydrogens is 310 g/mol. The van der Waals surface area contributed by atoms with Gasteiger partial charge >= 0.3 is 0 Å². The maximum Gasteiger partial charge on any atom is 0.221 e. The van der Waals surface area contributed by atoms with E-state index < -0.39 is 15.2 Å². The molecule has 1 saturated heterocycles. The summed E-state index contributed by atoms with van der Waals surface area (Å²) in [6.07, 6.45) is 1.14. The molecule has 1 aliphatic rings. The molecule has 2 atom stereocenters. The lowest BCUT2D eigenvalue weighted by molar-refractivity contribution is -0.122. The fourth-order valence-electron chi connectivity index (χ4n) is 2.40. The summed E-state index contributed by atoms with van der Waals surface area (Å²) in [6, 6.07) is -0.214. The Bertz CT molecular complexity index is 428. The van der Waals surface area contributed by atoms with Crippen LogP contribution in [0.5, 0.6) is 0 Å². The third-order valence-corrected chi connectivity index (χ3v) is 6.98. The van der Waals surface area contributed by atoms with Gasteiger partial charge < -0.3 is 11.1 Å². The fraction of sp³-hybridized carbons (Fsp3) is 0.923. The summed E-state index contributed by atoms with van der Waals surface area (Å²) in [6.45, 7) is 5.25. The number of amides is 1. The summed E-state index contributed by atoms with van der Waals surface area (Å²) in [5.41, 5.74) is 5.80. The van der Waals surface area contributed by atoms with Crippen molar-refractivity contribution in [2.75, 3.05) is 36.9 Å². The Hall–Kier alpha value is -0.310. The standard InChI is InChI=1S/C13H27N3O3S2/c1-3-5-15-12(17)8-11(9-14)16-6-7-20-10-13(16)21(18,19)4-2/h11,13H,3-10,14H2,1-2H3,(H,15,17). The van der Waals surface area contributed by atoms with Crippen molar-refractivity contribution in [2.45, 2.75) is 38.1 Å². The normalized spacial score (nSPS) is 22.0. The Labute approximate surface area is 132 Å². The van der Waals surface area contributed by atoms with E-state index in [4.69, 9.17) is 5.73 Å². The van der Waals surface area contributed by atoms with E-state index in [1.54, 1.807) is 18.7 Å². The third-order valence-electron chi connectivity index (χ3n) is 3.68. The van der Waals surface area contributed by atoms with E-state index >= 15 is 0 Å². The number of carbonyl (C=O) groups is 1. The van der Waals surface area contributed by atoms with Gasteiger partial charge in [0.2, 0.25) is 5.91 Å². The monoisotopic (exact) mass is 337 g/mol. The van der Waals surface area contributed by atoms with Crippen LogP contribution in [0.15, 0.2) is 0 Å². The van der Waals surface area contributed by atoms with Crippen molar-refractivity contribution < 1.29 is 13.2 Å². The zero-order valence-electron chi connectivity index (χ0n) is 12.9. The maximum absolute atomic E-state index is 12.2. The molecule has 124 valence electrons. The van der Waals surface area contributed by atoms with Gasteiger partial charge in [-0.3, -0.25) is 9.69 Å². The Morgan fingerprint density at radius 2 is 2.19 bits per heavy atom. The summed E-state index contributed by atoms with van der Waals surface area (Å²) in [4.78, 5) is 13.8. The van der Waals surface area contributed by atoms with E-state index in [1.807, 2.05) is 11.8 Å². The molecule has 1 fully saturated rings. The lowest BCUT2D eigenvalue weighted by Gasteiger charge is -2.39. The van der Waals surface area contributed by atoms with Crippen LogP contribution < -0.4 is 11.1 Å². The molecule has 0 aromatic rings. The van der Waals surface area contributed by atoms with Gasteiger partial charge in [-0.25, -0.2) is 8.42 Å². The molecule has 1 amide bonds. The smallest absolute Gasteiger partial charge is 0.221 e. The summed E-state index contributed by atoms with van der Waals surface area (Å²) in [7, 11) is -3.16. The topological polar surface area (TPSA) is 92.5 Å². The molecule has 6 nitrogen and oxygen atoms in total. The van der Waals surface area contributed by atoms with Crippen molar-refractivity contribution in [2.24, 2.45) is 5.73 Å². The van der Waals surface area contributed by atoms with Crippen molar-refractivity contribution in [3.8, 4) is 0 Å². The Morgan fingerprint density at radius 1 is 1.48 bits per heavy atom. The molecule has 0 aromatic carbocycles. The zero-order chi connectivity index (χ0) is 15.9. The number of nitrogens with two attached hydrogens (primary N) is 1. The van der Waals surface area contributed by atoms with Crippen LogP contribution in [0, 0.1) is 0 Å². The fourth-order valence-corrected chi connectivity index (χ4v) is 5.49. The first-order chi connectivity index (χ1) is 9.96. The van der Waals surface area contributed by atoms with Gasteiger partial charge in [-0.05, 0) is 6.42 Å². The number of hydrogen-bond acceptors (Lipinski definition) is 6. The highest BCUT2D eigenvalue weighted by molar-refractivity contribution is 8.01. The zero-order valence-corrected chi connectivity index (χ0v) is 14.5. The largest absolute Gasteiger partial charge is 0.356 e. The van der Waals surface area contributed by atoms with Crippen LogP contribution in [0.4, 0.5) is 0 Å². The van der Waals surface area contributed by atoms with Crippen molar-refractivity contribution in [1.82, 2.24) is 10.2 Å². The van der Waals surface area contributed by atoms with Crippen LogP contribution in [-0.2, 0) is 14.6 Å². The molecule has 0 spiro atoms. The number of sulfone groups is 1. The third kappa shape index (κ3) is 5.43. The molecule has 1 heterocycles. The lowest BCUT2D eigenvalue weighted by atomic mass is 10.1. The Kier molecular flexibility index (Phi) is 8.00. The lowest BCUT2D eigenvalue weighted by Crippen LogP contribution is -2.55. The van der Waals surface area contributed by atoms with E-state index in [9.17, 15) is 13.2 Å².